The third-order valence-electron chi connectivity index (χ3n) is 4.89. The van der Waals surface area contributed by atoms with Gasteiger partial charge in [0.25, 0.3) is 0 Å². The highest BCUT2D eigenvalue weighted by Gasteiger charge is 2.29. The number of ether oxygens (including phenoxy) is 1. The molecule has 0 spiro atoms. The van der Waals surface area contributed by atoms with Gasteiger partial charge in [-0.3, -0.25) is 4.79 Å². The monoisotopic (exact) mass is 393 g/mol. The van der Waals surface area contributed by atoms with Crippen LogP contribution >= 0.6 is 11.8 Å². The first-order valence-electron chi connectivity index (χ1n) is 9.39. The minimum atomic E-state index is -0.330. The van der Waals surface area contributed by atoms with Crippen LogP contribution in [0.1, 0.15) is 10.8 Å². The summed E-state index contributed by atoms with van der Waals surface area (Å²) >= 11 is 1.51. The van der Waals surface area contributed by atoms with Gasteiger partial charge in [0.05, 0.1) is 25.1 Å². The quantitative estimate of drug-likeness (QED) is 0.619. The number of carbonyl (C=O) groups is 1. The number of amides is 1. The van der Waals surface area contributed by atoms with E-state index in [2.05, 4.69) is 21.7 Å². The summed E-state index contributed by atoms with van der Waals surface area (Å²) < 4.78 is 7.47. The number of aromatic nitrogens is 2. The fourth-order valence-corrected chi connectivity index (χ4v) is 4.45. The molecule has 3 aromatic rings. The molecule has 2 heterocycles. The Balaban J connectivity index is 1.63. The molecule has 1 amide bonds. The molecule has 1 saturated heterocycles. The molecule has 0 aliphatic carbocycles. The maximum Gasteiger partial charge on any atom is 0.240 e. The van der Waals surface area contributed by atoms with E-state index in [1.807, 2.05) is 66.7 Å². The van der Waals surface area contributed by atoms with Crippen molar-refractivity contribution in [3.8, 4) is 11.3 Å². The molecule has 2 aromatic carbocycles. The summed E-state index contributed by atoms with van der Waals surface area (Å²) in [6.07, 6.45) is 1.87. The van der Waals surface area contributed by atoms with Crippen molar-refractivity contribution >= 4 is 17.7 Å². The Morgan fingerprint density at radius 2 is 1.68 bits per heavy atom. The van der Waals surface area contributed by atoms with Gasteiger partial charge >= 0.3 is 0 Å². The zero-order chi connectivity index (χ0) is 19.3. The van der Waals surface area contributed by atoms with E-state index in [-0.39, 0.29) is 11.2 Å². The third-order valence-corrected chi connectivity index (χ3v) is 6.19. The van der Waals surface area contributed by atoms with Crippen LogP contribution in [0.15, 0.2) is 72.0 Å². The Labute approximate surface area is 169 Å². The molecule has 1 fully saturated rings. The standard InChI is InChI=1S/C22H23N3O2S/c1-24-19(17-8-4-2-5-9-17)16-23-22(24)28-20(18-10-6-3-7-11-18)21(26)25-12-14-27-15-13-25/h2-11,16,20H,12-15H2,1H3. The van der Waals surface area contributed by atoms with Crippen LogP contribution in [0.4, 0.5) is 0 Å². The van der Waals surface area contributed by atoms with E-state index in [0.717, 1.165) is 22.0 Å². The van der Waals surface area contributed by atoms with E-state index in [9.17, 15) is 4.79 Å². The topological polar surface area (TPSA) is 47.4 Å². The molecule has 1 atom stereocenters. The fourth-order valence-electron chi connectivity index (χ4n) is 3.32. The SMILES string of the molecule is Cn1c(-c2ccccc2)cnc1SC(C(=O)N1CCOCC1)c1ccccc1. The lowest BCUT2D eigenvalue weighted by molar-refractivity contribution is -0.134. The molecule has 1 aliphatic heterocycles. The molecule has 6 heteroatoms. The minimum absolute atomic E-state index is 0.115. The van der Waals surface area contributed by atoms with Gasteiger partial charge in [0, 0.05) is 20.1 Å². The van der Waals surface area contributed by atoms with Gasteiger partial charge in [0.1, 0.15) is 5.25 Å². The Morgan fingerprint density at radius 3 is 2.36 bits per heavy atom. The summed E-state index contributed by atoms with van der Waals surface area (Å²) in [5.41, 5.74) is 3.14. The number of thioether (sulfide) groups is 1. The zero-order valence-electron chi connectivity index (χ0n) is 15.8. The fraction of sp³-hybridized carbons (Fsp3) is 0.273. The molecule has 0 bridgehead atoms. The molecular formula is C22H23N3O2S. The summed E-state index contributed by atoms with van der Waals surface area (Å²) in [4.78, 5) is 19.8. The first-order chi connectivity index (χ1) is 13.7. The molecule has 0 N–H and O–H groups in total. The predicted molar refractivity (Wildman–Crippen MR) is 111 cm³/mol. The van der Waals surface area contributed by atoms with E-state index < -0.39 is 0 Å². The molecule has 28 heavy (non-hydrogen) atoms. The molecule has 0 saturated carbocycles. The molecule has 4 rings (SSSR count). The summed E-state index contributed by atoms with van der Waals surface area (Å²) in [5.74, 6) is 0.115. The summed E-state index contributed by atoms with van der Waals surface area (Å²) in [6, 6.07) is 20.1. The minimum Gasteiger partial charge on any atom is -0.378 e. The molecule has 0 radical (unpaired) electrons. The van der Waals surface area contributed by atoms with E-state index in [4.69, 9.17) is 4.74 Å². The number of benzene rings is 2. The molecular weight excluding hydrogens is 370 g/mol. The summed E-state index contributed by atoms with van der Waals surface area (Å²) in [6.45, 7) is 2.47. The maximum atomic E-state index is 13.3. The van der Waals surface area contributed by atoms with Crippen LogP contribution in [-0.4, -0.2) is 46.7 Å². The van der Waals surface area contributed by atoms with E-state index >= 15 is 0 Å². The molecule has 1 unspecified atom stereocenters. The lowest BCUT2D eigenvalue weighted by atomic mass is 10.1. The van der Waals surface area contributed by atoms with Gasteiger partial charge in [-0.1, -0.05) is 72.4 Å². The van der Waals surface area contributed by atoms with Crippen molar-refractivity contribution in [2.45, 2.75) is 10.4 Å². The third kappa shape index (κ3) is 3.98. The Bertz CT molecular complexity index is 921. The van der Waals surface area contributed by atoms with Crippen molar-refractivity contribution in [3.63, 3.8) is 0 Å². The van der Waals surface area contributed by atoms with E-state index in [0.29, 0.717) is 26.3 Å². The normalized spacial score (nSPS) is 15.4. The van der Waals surface area contributed by atoms with Crippen molar-refractivity contribution in [2.75, 3.05) is 26.3 Å². The average molecular weight is 394 g/mol. The van der Waals surface area contributed by atoms with Crippen LogP contribution in [0, 0.1) is 0 Å². The Hall–Kier alpha value is -2.57. The van der Waals surface area contributed by atoms with Crippen molar-refractivity contribution in [1.29, 1.82) is 0 Å². The highest BCUT2D eigenvalue weighted by atomic mass is 32.2. The number of carbonyl (C=O) groups excluding carboxylic acids is 1. The zero-order valence-corrected chi connectivity index (χ0v) is 16.6. The van der Waals surface area contributed by atoms with Crippen molar-refractivity contribution in [2.24, 2.45) is 7.05 Å². The van der Waals surface area contributed by atoms with Gasteiger partial charge in [-0.15, -0.1) is 0 Å². The largest absolute Gasteiger partial charge is 0.378 e. The summed E-state index contributed by atoms with van der Waals surface area (Å²) in [7, 11) is 2.00. The lowest BCUT2D eigenvalue weighted by Gasteiger charge is -2.30. The first kappa shape index (κ1) is 18.8. The second kappa shape index (κ2) is 8.63. The van der Waals surface area contributed by atoms with Crippen molar-refractivity contribution in [1.82, 2.24) is 14.5 Å². The second-order valence-corrected chi connectivity index (χ2v) is 7.77. The van der Waals surface area contributed by atoms with Crippen LogP contribution in [0.2, 0.25) is 0 Å². The van der Waals surface area contributed by atoms with E-state index in [1.165, 1.54) is 11.8 Å². The first-order valence-corrected chi connectivity index (χ1v) is 10.3. The number of imidazole rings is 1. The number of morpholine rings is 1. The molecule has 1 aromatic heterocycles. The molecule has 144 valence electrons. The van der Waals surface area contributed by atoms with Crippen LogP contribution in [-0.2, 0) is 16.6 Å². The van der Waals surface area contributed by atoms with Gasteiger partial charge in [-0.05, 0) is 11.1 Å². The molecule has 5 nitrogen and oxygen atoms in total. The maximum absolute atomic E-state index is 13.3. The predicted octanol–water partition coefficient (Wildman–Crippen LogP) is 3.78. The van der Waals surface area contributed by atoms with E-state index in [1.54, 1.807) is 0 Å². The number of nitrogens with zero attached hydrogens (tertiary/aromatic N) is 3. The smallest absolute Gasteiger partial charge is 0.240 e. The number of hydrogen-bond acceptors (Lipinski definition) is 4. The van der Waals surface area contributed by atoms with Crippen LogP contribution in [0.5, 0.6) is 0 Å². The van der Waals surface area contributed by atoms with Gasteiger partial charge < -0.3 is 14.2 Å². The van der Waals surface area contributed by atoms with Gasteiger partial charge in [0.15, 0.2) is 5.16 Å². The lowest BCUT2D eigenvalue weighted by Crippen LogP contribution is -2.42. The Kier molecular flexibility index (Phi) is 5.78. The average Bonchev–Trinajstić information content (AvgIpc) is 3.13. The van der Waals surface area contributed by atoms with Gasteiger partial charge in [0.2, 0.25) is 5.91 Å². The summed E-state index contributed by atoms with van der Waals surface area (Å²) in [5, 5.41) is 0.498. The highest BCUT2D eigenvalue weighted by molar-refractivity contribution is 8.00. The van der Waals surface area contributed by atoms with Gasteiger partial charge in [-0.2, -0.15) is 0 Å². The molecule has 1 aliphatic rings. The number of hydrogen-bond donors (Lipinski definition) is 0. The van der Waals surface area contributed by atoms with Crippen molar-refractivity contribution in [3.05, 3.63) is 72.4 Å². The van der Waals surface area contributed by atoms with Crippen LogP contribution in [0.25, 0.3) is 11.3 Å². The van der Waals surface area contributed by atoms with Crippen molar-refractivity contribution < 1.29 is 9.53 Å². The number of rotatable bonds is 5. The van der Waals surface area contributed by atoms with Crippen LogP contribution in [0.3, 0.4) is 0 Å². The van der Waals surface area contributed by atoms with Gasteiger partial charge in [-0.25, -0.2) is 4.98 Å². The Morgan fingerprint density at radius 1 is 1.04 bits per heavy atom. The highest BCUT2D eigenvalue weighted by Crippen LogP contribution is 2.37. The van der Waals surface area contributed by atoms with Crippen LogP contribution < -0.4 is 0 Å². The second-order valence-electron chi connectivity index (χ2n) is 6.70.